The standard InChI is InChI=1S/C13H18N4O2/c1-2-19-10-8-14-7-9-17-13(18)11-5-3-4-6-12(11)15-16-17/h3-6,14H,2,7-10H2,1H3. The summed E-state index contributed by atoms with van der Waals surface area (Å²) in [4.78, 5) is 12.1. The zero-order valence-corrected chi connectivity index (χ0v) is 11.0. The number of aromatic nitrogens is 3. The first-order valence-electron chi connectivity index (χ1n) is 6.44. The summed E-state index contributed by atoms with van der Waals surface area (Å²) in [7, 11) is 0. The fourth-order valence-corrected chi connectivity index (χ4v) is 1.77. The Bertz CT molecular complexity index is 582. The van der Waals surface area contributed by atoms with Gasteiger partial charge in [-0.25, -0.2) is 4.68 Å². The third-order valence-corrected chi connectivity index (χ3v) is 2.76. The number of fused-ring (bicyclic) bond motifs is 1. The lowest BCUT2D eigenvalue weighted by molar-refractivity contribution is 0.149. The van der Waals surface area contributed by atoms with Crippen LogP contribution in [-0.2, 0) is 11.3 Å². The van der Waals surface area contributed by atoms with E-state index < -0.39 is 0 Å². The van der Waals surface area contributed by atoms with Gasteiger partial charge in [0, 0.05) is 19.7 Å². The monoisotopic (exact) mass is 262 g/mol. The Kier molecular flexibility index (Phi) is 5.00. The molecule has 0 saturated heterocycles. The van der Waals surface area contributed by atoms with Crippen LogP contribution in [0.25, 0.3) is 10.9 Å². The third-order valence-electron chi connectivity index (χ3n) is 2.76. The van der Waals surface area contributed by atoms with Gasteiger partial charge in [-0.3, -0.25) is 4.79 Å². The van der Waals surface area contributed by atoms with Crippen LogP contribution in [-0.4, -0.2) is 41.3 Å². The molecule has 0 unspecified atom stereocenters. The van der Waals surface area contributed by atoms with Crippen molar-refractivity contribution in [2.75, 3.05) is 26.3 Å². The summed E-state index contributed by atoms with van der Waals surface area (Å²) in [6, 6.07) is 7.23. The normalized spacial score (nSPS) is 11.0. The molecule has 0 amide bonds. The average Bonchev–Trinajstić information content (AvgIpc) is 2.45. The van der Waals surface area contributed by atoms with Crippen molar-refractivity contribution in [2.45, 2.75) is 13.5 Å². The summed E-state index contributed by atoms with van der Waals surface area (Å²) in [6.07, 6.45) is 0. The van der Waals surface area contributed by atoms with E-state index in [1.165, 1.54) is 4.68 Å². The van der Waals surface area contributed by atoms with Crippen molar-refractivity contribution < 1.29 is 4.74 Å². The summed E-state index contributed by atoms with van der Waals surface area (Å²) in [5, 5.41) is 11.7. The maximum Gasteiger partial charge on any atom is 0.277 e. The SMILES string of the molecule is CCOCCNCCn1nnc2ccccc2c1=O. The van der Waals surface area contributed by atoms with Crippen molar-refractivity contribution >= 4 is 10.9 Å². The van der Waals surface area contributed by atoms with Crippen LogP contribution >= 0.6 is 0 Å². The summed E-state index contributed by atoms with van der Waals surface area (Å²) >= 11 is 0. The molecule has 102 valence electrons. The lowest BCUT2D eigenvalue weighted by Gasteiger charge is -2.06. The molecule has 0 fully saturated rings. The molecule has 0 aliphatic carbocycles. The van der Waals surface area contributed by atoms with E-state index >= 15 is 0 Å². The fourth-order valence-electron chi connectivity index (χ4n) is 1.77. The van der Waals surface area contributed by atoms with Crippen molar-refractivity contribution in [3.05, 3.63) is 34.6 Å². The van der Waals surface area contributed by atoms with Crippen LogP contribution in [0.15, 0.2) is 29.1 Å². The van der Waals surface area contributed by atoms with E-state index in [1.807, 2.05) is 19.1 Å². The van der Waals surface area contributed by atoms with E-state index in [-0.39, 0.29) is 5.56 Å². The lowest BCUT2D eigenvalue weighted by atomic mass is 10.2. The minimum Gasteiger partial charge on any atom is -0.380 e. The molecule has 6 heteroatoms. The van der Waals surface area contributed by atoms with Gasteiger partial charge in [-0.1, -0.05) is 17.3 Å². The Morgan fingerprint density at radius 3 is 3.00 bits per heavy atom. The highest BCUT2D eigenvalue weighted by molar-refractivity contribution is 5.76. The first kappa shape index (κ1) is 13.6. The van der Waals surface area contributed by atoms with Crippen LogP contribution in [0.4, 0.5) is 0 Å². The maximum absolute atomic E-state index is 12.1. The van der Waals surface area contributed by atoms with Crippen LogP contribution in [0.2, 0.25) is 0 Å². The van der Waals surface area contributed by atoms with Gasteiger partial charge in [0.15, 0.2) is 0 Å². The van der Waals surface area contributed by atoms with E-state index in [4.69, 9.17) is 4.74 Å². The zero-order chi connectivity index (χ0) is 13.5. The number of nitrogens with zero attached hydrogens (tertiary/aromatic N) is 3. The molecule has 1 aromatic heterocycles. The van der Waals surface area contributed by atoms with Gasteiger partial charge in [-0.2, -0.15) is 0 Å². The number of ether oxygens (including phenoxy) is 1. The minimum absolute atomic E-state index is 0.0998. The molecular formula is C13H18N4O2. The Hall–Kier alpha value is -1.79. The fraction of sp³-hybridized carbons (Fsp3) is 0.462. The maximum atomic E-state index is 12.1. The van der Waals surface area contributed by atoms with Crippen molar-refractivity contribution in [3.63, 3.8) is 0 Å². The molecule has 0 radical (unpaired) electrons. The van der Waals surface area contributed by atoms with Crippen LogP contribution in [0, 0.1) is 0 Å². The quantitative estimate of drug-likeness (QED) is 0.732. The second kappa shape index (κ2) is 6.96. The third kappa shape index (κ3) is 3.59. The average molecular weight is 262 g/mol. The second-order valence-electron chi connectivity index (χ2n) is 4.08. The Morgan fingerprint density at radius 1 is 1.32 bits per heavy atom. The summed E-state index contributed by atoms with van der Waals surface area (Å²) < 4.78 is 6.59. The zero-order valence-electron chi connectivity index (χ0n) is 11.0. The number of hydrogen-bond donors (Lipinski definition) is 1. The highest BCUT2D eigenvalue weighted by Gasteiger charge is 2.03. The number of rotatable bonds is 7. The minimum atomic E-state index is -0.0998. The molecule has 0 aliphatic rings. The summed E-state index contributed by atoms with van der Waals surface area (Å²) in [5.41, 5.74) is 0.533. The van der Waals surface area contributed by atoms with E-state index in [2.05, 4.69) is 15.6 Å². The highest BCUT2D eigenvalue weighted by Crippen LogP contribution is 2.02. The van der Waals surface area contributed by atoms with Gasteiger partial charge >= 0.3 is 0 Å². The smallest absolute Gasteiger partial charge is 0.277 e. The molecule has 1 heterocycles. The highest BCUT2D eigenvalue weighted by atomic mass is 16.5. The van der Waals surface area contributed by atoms with Gasteiger partial charge in [0.1, 0.15) is 5.52 Å². The molecule has 6 nitrogen and oxygen atoms in total. The van der Waals surface area contributed by atoms with Gasteiger partial charge in [0.05, 0.1) is 18.5 Å². The van der Waals surface area contributed by atoms with E-state index in [9.17, 15) is 4.79 Å². The summed E-state index contributed by atoms with van der Waals surface area (Å²) in [6.45, 7) is 5.29. The van der Waals surface area contributed by atoms with Gasteiger partial charge < -0.3 is 10.1 Å². The molecule has 0 saturated carbocycles. The van der Waals surface area contributed by atoms with Crippen molar-refractivity contribution in [1.29, 1.82) is 0 Å². The molecule has 1 N–H and O–H groups in total. The van der Waals surface area contributed by atoms with Gasteiger partial charge in [-0.05, 0) is 19.1 Å². The van der Waals surface area contributed by atoms with E-state index in [0.29, 0.717) is 30.6 Å². The first-order chi connectivity index (χ1) is 9.33. The van der Waals surface area contributed by atoms with Crippen LogP contribution < -0.4 is 10.9 Å². The molecule has 0 bridgehead atoms. The molecule has 19 heavy (non-hydrogen) atoms. The largest absolute Gasteiger partial charge is 0.380 e. The summed E-state index contributed by atoms with van der Waals surface area (Å²) in [5.74, 6) is 0. The number of nitrogens with one attached hydrogen (secondary N) is 1. The molecule has 0 aliphatic heterocycles. The predicted molar refractivity (Wildman–Crippen MR) is 73.2 cm³/mol. The van der Waals surface area contributed by atoms with E-state index in [1.54, 1.807) is 12.1 Å². The van der Waals surface area contributed by atoms with Gasteiger partial charge in [-0.15, -0.1) is 5.10 Å². The van der Waals surface area contributed by atoms with Crippen LogP contribution in [0.1, 0.15) is 6.92 Å². The number of benzene rings is 1. The van der Waals surface area contributed by atoms with Crippen molar-refractivity contribution in [1.82, 2.24) is 20.3 Å². The van der Waals surface area contributed by atoms with Crippen LogP contribution in [0.5, 0.6) is 0 Å². The molecule has 2 rings (SSSR count). The molecular weight excluding hydrogens is 244 g/mol. The van der Waals surface area contributed by atoms with Gasteiger partial charge in [0.25, 0.3) is 5.56 Å². The molecule has 0 spiro atoms. The van der Waals surface area contributed by atoms with Crippen LogP contribution in [0.3, 0.4) is 0 Å². The van der Waals surface area contributed by atoms with Gasteiger partial charge in [0.2, 0.25) is 0 Å². The molecule has 2 aromatic rings. The second-order valence-corrected chi connectivity index (χ2v) is 4.08. The lowest BCUT2D eigenvalue weighted by Crippen LogP contribution is -2.31. The Morgan fingerprint density at radius 2 is 2.16 bits per heavy atom. The Balaban J connectivity index is 1.94. The van der Waals surface area contributed by atoms with Crippen molar-refractivity contribution in [3.8, 4) is 0 Å². The number of hydrogen-bond acceptors (Lipinski definition) is 5. The molecule has 0 atom stereocenters. The topological polar surface area (TPSA) is 69.0 Å². The first-order valence-corrected chi connectivity index (χ1v) is 6.44. The Labute approximate surface area is 111 Å². The molecule has 1 aromatic carbocycles. The van der Waals surface area contributed by atoms with E-state index in [0.717, 1.165) is 13.2 Å². The predicted octanol–water partition coefficient (Wildman–Crippen LogP) is 0.418. The van der Waals surface area contributed by atoms with Crippen molar-refractivity contribution in [2.24, 2.45) is 0 Å².